The number of hydrogen-bond acceptors (Lipinski definition) is 5. The van der Waals surface area contributed by atoms with Crippen molar-refractivity contribution in [1.82, 2.24) is 20.3 Å². The molecule has 0 amide bonds. The lowest BCUT2D eigenvalue weighted by molar-refractivity contribution is 0.721. The first-order valence-corrected chi connectivity index (χ1v) is 6.71. The maximum absolute atomic E-state index is 4.48. The summed E-state index contributed by atoms with van der Waals surface area (Å²) in [6.45, 7) is 6.00. The third kappa shape index (κ3) is 3.51. The van der Waals surface area contributed by atoms with E-state index in [1.54, 1.807) is 30.4 Å². The molecule has 5 heteroatoms. The Balaban J connectivity index is 2.10. The summed E-state index contributed by atoms with van der Waals surface area (Å²) in [5.74, 6) is 0. The van der Waals surface area contributed by atoms with Crippen molar-refractivity contribution in [1.29, 1.82) is 0 Å². The van der Waals surface area contributed by atoms with Gasteiger partial charge in [0.25, 0.3) is 0 Å². The van der Waals surface area contributed by atoms with Crippen LogP contribution in [0.2, 0.25) is 0 Å². The average molecular weight is 260 g/mol. The smallest absolute Gasteiger partial charge is 0.121 e. The van der Waals surface area contributed by atoms with Gasteiger partial charge in [0.2, 0.25) is 0 Å². The van der Waals surface area contributed by atoms with Crippen LogP contribution < -0.4 is 5.32 Å². The number of aryl methyl sites for hydroxylation is 1. The van der Waals surface area contributed by atoms with Crippen molar-refractivity contribution in [2.45, 2.75) is 30.4 Å². The number of nitrogens with zero attached hydrogens (tertiary/aromatic N) is 3. The first-order chi connectivity index (χ1) is 8.79. The highest BCUT2D eigenvalue weighted by Crippen LogP contribution is 2.26. The fourth-order valence-electron chi connectivity index (χ4n) is 1.53. The monoisotopic (exact) mass is 260 g/mol. The molecule has 0 saturated heterocycles. The Kier molecular flexibility index (Phi) is 4.66. The number of rotatable bonds is 5. The molecule has 0 unspecified atom stereocenters. The Morgan fingerprint density at radius 1 is 1.22 bits per heavy atom. The number of pyridine rings is 1. The summed E-state index contributed by atoms with van der Waals surface area (Å²) in [4.78, 5) is 12.8. The van der Waals surface area contributed by atoms with Gasteiger partial charge in [0.1, 0.15) is 10.1 Å². The van der Waals surface area contributed by atoms with E-state index in [0.717, 1.165) is 23.1 Å². The molecule has 0 atom stereocenters. The molecule has 0 aliphatic rings. The van der Waals surface area contributed by atoms with Gasteiger partial charge in [-0.1, -0.05) is 13.0 Å². The molecule has 2 aromatic heterocycles. The summed E-state index contributed by atoms with van der Waals surface area (Å²) in [6.07, 6.45) is 7.02. The molecule has 0 saturated carbocycles. The highest BCUT2D eigenvalue weighted by atomic mass is 32.2. The zero-order valence-electron chi connectivity index (χ0n) is 10.6. The van der Waals surface area contributed by atoms with Crippen molar-refractivity contribution in [2.75, 3.05) is 6.54 Å². The van der Waals surface area contributed by atoms with Crippen LogP contribution in [0.5, 0.6) is 0 Å². The van der Waals surface area contributed by atoms with Crippen LogP contribution >= 0.6 is 11.8 Å². The molecule has 0 aliphatic heterocycles. The van der Waals surface area contributed by atoms with Gasteiger partial charge in [-0.2, -0.15) is 0 Å². The molecule has 0 fully saturated rings. The van der Waals surface area contributed by atoms with Crippen LogP contribution in [0.25, 0.3) is 0 Å². The second-order valence-corrected chi connectivity index (χ2v) is 4.90. The van der Waals surface area contributed by atoms with Gasteiger partial charge in [-0.3, -0.25) is 4.98 Å². The SMILES string of the molecule is CCNCc1cnc(Sc2cnccn2)c(C)c1. The zero-order valence-corrected chi connectivity index (χ0v) is 11.4. The molecule has 0 aliphatic carbocycles. The van der Waals surface area contributed by atoms with E-state index >= 15 is 0 Å². The topological polar surface area (TPSA) is 50.7 Å². The lowest BCUT2D eigenvalue weighted by atomic mass is 10.2. The third-order valence-electron chi connectivity index (χ3n) is 2.41. The normalized spacial score (nSPS) is 10.6. The van der Waals surface area contributed by atoms with Gasteiger partial charge >= 0.3 is 0 Å². The molecule has 0 spiro atoms. The summed E-state index contributed by atoms with van der Waals surface area (Å²) in [5.41, 5.74) is 2.37. The van der Waals surface area contributed by atoms with Gasteiger partial charge in [0.05, 0.1) is 6.20 Å². The van der Waals surface area contributed by atoms with Gasteiger partial charge in [-0.05, 0) is 36.4 Å². The predicted octanol–water partition coefficient (Wildman–Crippen LogP) is 2.44. The van der Waals surface area contributed by atoms with Gasteiger partial charge in [0.15, 0.2) is 0 Å². The second-order valence-electron chi connectivity index (χ2n) is 3.89. The maximum Gasteiger partial charge on any atom is 0.121 e. The molecular formula is C13H16N4S. The molecule has 2 aromatic rings. The van der Waals surface area contributed by atoms with E-state index < -0.39 is 0 Å². The fraction of sp³-hybridized carbons (Fsp3) is 0.308. The van der Waals surface area contributed by atoms with E-state index in [4.69, 9.17) is 0 Å². The Morgan fingerprint density at radius 2 is 2.11 bits per heavy atom. The van der Waals surface area contributed by atoms with E-state index in [0.29, 0.717) is 0 Å². The summed E-state index contributed by atoms with van der Waals surface area (Å²) in [7, 11) is 0. The highest BCUT2D eigenvalue weighted by molar-refractivity contribution is 7.99. The quantitative estimate of drug-likeness (QED) is 0.895. The van der Waals surface area contributed by atoms with Crippen molar-refractivity contribution in [3.05, 3.63) is 42.0 Å². The summed E-state index contributed by atoms with van der Waals surface area (Å²) >= 11 is 1.54. The molecule has 0 radical (unpaired) electrons. The Labute approximate surface area is 111 Å². The van der Waals surface area contributed by atoms with E-state index in [-0.39, 0.29) is 0 Å². The van der Waals surface area contributed by atoms with Crippen LogP contribution in [-0.2, 0) is 6.54 Å². The van der Waals surface area contributed by atoms with Crippen LogP contribution in [0, 0.1) is 6.92 Å². The molecule has 4 nitrogen and oxygen atoms in total. The summed E-state index contributed by atoms with van der Waals surface area (Å²) in [5, 5.41) is 5.14. The van der Waals surface area contributed by atoms with Gasteiger partial charge in [-0.15, -0.1) is 0 Å². The van der Waals surface area contributed by atoms with Gasteiger partial charge in [-0.25, -0.2) is 9.97 Å². The molecule has 94 valence electrons. The molecule has 1 N–H and O–H groups in total. The molecular weight excluding hydrogens is 244 g/mol. The number of nitrogens with one attached hydrogen (secondary N) is 1. The first-order valence-electron chi connectivity index (χ1n) is 5.89. The molecule has 2 heterocycles. The van der Waals surface area contributed by atoms with Crippen molar-refractivity contribution in [2.24, 2.45) is 0 Å². The summed E-state index contributed by atoms with van der Waals surface area (Å²) in [6, 6.07) is 2.16. The van der Waals surface area contributed by atoms with Crippen molar-refractivity contribution >= 4 is 11.8 Å². The highest BCUT2D eigenvalue weighted by Gasteiger charge is 2.05. The minimum absolute atomic E-state index is 0.862. The van der Waals surface area contributed by atoms with E-state index in [1.807, 2.05) is 6.20 Å². The lowest BCUT2D eigenvalue weighted by Gasteiger charge is -2.07. The zero-order chi connectivity index (χ0) is 12.8. The third-order valence-corrected chi connectivity index (χ3v) is 3.45. The maximum atomic E-state index is 4.48. The number of aromatic nitrogens is 3. The Morgan fingerprint density at radius 3 is 2.78 bits per heavy atom. The largest absolute Gasteiger partial charge is 0.313 e. The van der Waals surface area contributed by atoms with Crippen LogP contribution in [0.3, 0.4) is 0 Å². The van der Waals surface area contributed by atoms with Crippen LogP contribution in [0.1, 0.15) is 18.1 Å². The first kappa shape index (κ1) is 13.0. The predicted molar refractivity (Wildman–Crippen MR) is 72.5 cm³/mol. The van der Waals surface area contributed by atoms with Crippen LogP contribution in [0.4, 0.5) is 0 Å². The molecule has 0 aromatic carbocycles. The van der Waals surface area contributed by atoms with E-state index in [2.05, 4.69) is 40.2 Å². The second kappa shape index (κ2) is 6.47. The molecule has 18 heavy (non-hydrogen) atoms. The summed E-state index contributed by atoms with van der Waals surface area (Å²) < 4.78 is 0. The average Bonchev–Trinajstić information content (AvgIpc) is 2.40. The van der Waals surface area contributed by atoms with E-state index in [9.17, 15) is 0 Å². The molecule has 2 rings (SSSR count). The van der Waals surface area contributed by atoms with Crippen LogP contribution in [-0.4, -0.2) is 21.5 Å². The molecule has 0 bridgehead atoms. The Bertz CT molecular complexity index is 502. The van der Waals surface area contributed by atoms with Crippen molar-refractivity contribution in [3.63, 3.8) is 0 Å². The minimum atomic E-state index is 0.862. The number of hydrogen-bond donors (Lipinski definition) is 1. The lowest BCUT2D eigenvalue weighted by Crippen LogP contribution is -2.12. The van der Waals surface area contributed by atoms with Crippen molar-refractivity contribution < 1.29 is 0 Å². The van der Waals surface area contributed by atoms with Crippen molar-refractivity contribution in [3.8, 4) is 0 Å². The van der Waals surface area contributed by atoms with Gasteiger partial charge in [0, 0.05) is 25.1 Å². The van der Waals surface area contributed by atoms with Gasteiger partial charge < -0.3 is 5.32 Å². The minimum Gasteiger partial charge on any atom is -0.313 e. The standard InChI is InChI=1S/C13H16N4S/c1-3-14-7-11-6-10(2)13(17-8-11)18-12-9-15-4-5-16-12/h4-6,8-9,14H,3,7H2,1-2H3. The van der Waals surface area contributed by atoms with E-state index in [1.165, 1.54) is 11.1 Å². The Hall–Kier alpha value is -1.46. The van der Waals surface area contributed by atoms with Crippen LogP contribution in [0.15, 0.2) is 40.9 Å². The fourth-order valence-corrected chi connectivity index (χ4v) is 2.28.